The molecule has 3 saturated heterocycles. The highest BCUT2D eigenvalue weighted by atomic mass is 16.5. The lowest BCUT2D eigenvalue weighted by atomic mass is 10.1. The molecule has 3 aliphatic rings. The van der Waals surface area contributed by atoms with Gasteiger partial charge in [0.15, 0.2) is 0 Å². The molecule has 3 aliphatic heterocycles. The smallest absolute Gasteiger partial charge is 0.234 e. The number of aromatic nitrogens is 2. The van der Waals surface area contributed by atoms with Gasteiger partial charge in [-0.05, 0) is 32.0 Å². The lowest BCUT2D eigenvalue weighted by Gasteiger charge is -2.34. The summed E-state index contributed by atoms with van der Waals surface area (Å²) in [5, 5.41) is 3.21. The van der Waals surface area contributed by atoms with E-state index in [2.05, 4.69) is 30.0 Å². The van der Waals surface area contributed by atoms with Crippen LogP contribution in [0, 0.1) is 0 Å². The molecule has 1 amide bonds. The van der Waals surface area contributed by atoms with Gasteiger partial charge < -0.3 is 15.0 Å². The Morgan fingerprint density at radius 1 is 1.08 bits per heavy atom. The number of nitrogens with one attached hydrogen (secondary N) is 1. The summed E-state index contributed by atoms with van der Waals surface area (Å²) in [6, 6.07) is 2.29. The van der Waals surface area contributed by atoms with Crippen molar-refractivity contribution >= 4 is 11.9 Å². The number of hydrogen-bond acceptors (Lipinski definition) is 7. The van der Waals surface area contributed by atoms with Gasteiger partial charge in [0.2, 0.25) is 11.9 Å². The van der Waals surface area contributed by atoms with E-state index in [1.807, 2.05) is 6.07 Å². The minimum atomic E-state index is 0.106. The van der Waals surface area contributed by atoms with Crippen molar-refractivity contribution in [3.05, 3.63) is 18.5 Å². The van der Waals surface area contributed by atoms with Gasteiger partial charge in [0.25, 0.3) is 0 Å². The largest absolute Gasteiger partial charge is 0.378 e. The van der Waals surface area contributed by atoms with Crippen LogP contribution in [-0.4, -0.2) is 96.8 Å². The Kier molecular flexibility index (Phi) is 5.62. The van der Waals surface area contributed by atoms with Crippen molar-refractivity contribution in [1.82, 2.24) is 25.1 Å². The fraction of sp³-hybridized carbons (Fsp3) is 0.722. The molecule has 4 heterocycles. The van der Waals surface area contributed by atoms with E-state index in [0.717, 1.165) is 51.8 Å². The van der Waals surface area contributed by atoms with Crippen LogP contribution in [0.2, 0.25) is 0 Å². The molecule has 0 unspecified atom stereocenters. The third kappa shape index (κ3) is 4.13. The number of carbonyl (C=O) groups excluding carboxylic acids is 1. The highest BCUT2D eigenvalue weighted by Crippen LogP contribution is 2.19. The predicted octanol–water partition coefficient (Wildman–Crippen LogP) is -0.422. The van der Waals surface area contributed by atoms with Crippen LogP contribution in [0.5, 0.6) is 0 Å². The monoisotopic (exact) mass is 360 g/mol. The van der Waals surface area contributed by atoms with Gasteiger partial charge in [-0.1, -0.05) is 0 Å². The van der Waals surface area contributed by atoms with Crippen molar-refractivity contribution in [2.75, 3.05) is 63.9 Å². The summed E-state index contributed by atoms with van der Waals surface area (Å²) in [5.74, 6) is 0.877. The zero-order valence-corrected chi connectivity index (χ0v) is 15.2. The molecule has 0 radical (unpaired) electrons. The van der Waals surface area contributed by atoms with Crippen LogP contribution < -0.4 is 10.2 Å². The number of hydrogen-bond donors (Lipinski definition) is 1. The van der Waals surface area contributed by atoms with Crippen LogP contribution in [-0.2, 0) is 9.53 Å². The van der Waals surface area contributed by atoms with Crippen molar-refractivity contribution < 1.29 is 9.53 Å². The predicted molar refractivity (Wildman–Crippen MR) is 98.0 cm³/mol. The normalized spacial score (nSPS) is 27.8. The molecule has 142 valence electrons. The minimum absolute atomic E-state index is 0.106. The first-order valence-electron chi connectivity index (χ1n) is 9.65. The number of anilines is 1. The van der Waals surface area contributed by atoms with Crippen LogP contribution in [0.15, 0.2) is 18.5 Å². The number of rotatable bonds is 5. The van der Waals surface area contributed by atoms with E-state index < -0.39 is 0 Å². The van der Waals surface area contributed by atoms with Gasteiger partial charge in [-0.15, -0.1) is 0 Å². The molecule has 0 saturated carbocycles. The molecule has 0 bridgehead atoms. The maximum atomic E-state index is 12.5. The van der Waals surface area contributed by atoms with E-state index in [-0.39, 0.29) is 11.9 Å². The van der Waals surface area contributed by atoms with E-state index in [4.69, 9.17) is 4.74 Å². The summed E-state index contributed by atoms with van der Waals surface area (Å²) in [7, 11) is 0. The summed E-state index contributed by atoms with van der Waals surface area (Å²) in [4.78, 5) is 28.0. The zero-order valence-electron chi connectivity index (χ0n) is 15.2. The summed E-state index contributed by atoms with van der Waals surface area (Å²) in [6.07, 6.45) is 6.05. The highest BCUT2D eigenvalue weighted by Gasteiger charge is 2.35. The van der Waals surface area contributed by atoms with Gasteiger partial charge in [-0.3, -0.25) is 14.6 Å². The van der Waals surface area contributed by atoms with Crippen LogP contribution in [0.25, 0.3) is 0 Å². The van der Waals surface area contributed by atoms with Crippen LogP contribution in [0.3, 0.4) is 0 Å². The molecule has 1 N–H and O–H groups in total. The minimum Gasteiger partial charge on any atom is -0.378 e. The molecule has 0 aromatic carbocycles. The fourth-order valence-electron chi connectivity index (χ4n) is 4.13. The van der Waals surface area contributed by atoms with Crippen molar-refractivity contribution in [2.24, 2.45) is 0 Å². The van der Waals surface area contributed by atoms with Crippen molar-refractivity contribution in [1.29, 1.82) is 0 Å². The SMILES string of the molecule is O=C(CN1CCN(c2ncccn2)CC1)N[C@@H]1COC[C@H]1N1CCCC1. The maximum absolute atomic E-state index is 12.5. The third-order valence-electron chi connectivity index (χ3n) is 5.58. The molecular formula is C18H28N6O2. The Balaban J connectivity index is 1.23. The molecule has 0 aliphatic carbocycles. The van der Waals surface area contributed by atoms with E-state index >= 15 is 0 Å². The lowest BCUT2D eigenvalue weighted by Crippen LogP contribution is -2.54. The first kappa shape index (κ1) is 17.6. The Morgan fingerprint density at radius 2 is 1.81 bits per heavy atom. The van der Waals surface area contributed by atoms with Crippen LogP contribution in [0.1, 0.15) is 12.8 Å². The Hall–Kier alpha value is -1.77. The molecule has 3 fully saturated rings. The van der Waals surface area contributed by atoms with E-state index in [1.165, 1.54) is 12.8 Å². The number of amides is 1. The second-order valence-corrected chi connectivity index (χ2v) is 7.33. The Bertz CT molecular complexity index is 587. The van der Waals surface area contributed by atoms with Gasteiger partial charge in [0, 0.05) is 38.6 Å². The molecule has 8 nitrogen and oxygen atoms in total. The molecule has 8 heteroatoms. The topological polar surface area (TPSA) is 73.8 Å². The lowest BCUT2D eigenvalue weighted by molar-refractivity contribution is -0.123. The van der Waals surface area contributed by atoms with E-state index in [1.54, 1.807) is 12.4 Å². The molecule has 0 spiro atoms. The first-order chi connectivity index (χ1) is 12.8. The first-order valence-corrected chi connectivity index (χ1v) is 9.65. The Morgan fingerprint density at radius 3 is 2.54 bits per heavy atom. The standard InChI is InChI=1S/C18H28N6O2/c25-17(21-15-13-26-14-16(15)23-6-1-2-7-23)12-22-8-10-24(11-9-22)18-19-4-3-5-20-18/h3-5,15-16H,1-2,6-14H2,(H,21,25)/t15-,16-/m1/s1. The summed E-state index contributed by atoms with van der Waals surface area (Å²) >= 11 is 0. The number of piperazine rings is 1. The second kappa shape index (κ2) is 8.28. The number of nitrogens with zero attached hydrogens (tertiary/aromatic N) is 5. The van der Waals surface area contributed by atoms with Gasteiger partial charge >= 0.3 is 0 Å². The van der Waals surface area contributed by atoms with Crippen molar-refractivity contribution in [3.8, 4) is 0 Å². The Labute approximate surface area is 154 Å². The van der Waals surface area contributed by atoms with Crippen LogP contribution in [0.4, 0.5) is 5.95 Å². The van der Waals surface area contributed by atoms with E-state index in [0.29, 0.717) is 19.2 Å². The third-order valence-corrected chi connectivity index (χ3v) is 5.58. The maximum Gasteiger partial charge on any atom is 0.234 e. The summed E-state index contributed by atoms with van der Waals surface area (Å²) < 4.78 is 5.65. The van der Waals surface area contributed by atoms with Crippen molar-refractivity contribution in [2.45, 2.75) is 24.9 Å². The second-order valence-electron chi connectivity index (χ2n) is 7.33. The van der Waals surface area contributed by atoms with Gasteiger partial charge in [0.1, 0.15) is 0 Å². The van der Waals surface area contributed by atoms with E-state index in [9.17, 15) is 4.79 Å². The molecule has 1 aromatic heterocycles. The molecule has 26 heavy (non-hydrogen) atoms. The zero-order chi connectivity index (χ0) is 17.8. The molecule has 1 aromatic rings. The number of carbonyl (C=O) groups is 1. The quantitative estimate of drug-likeness (QED) is 0.764. The number of ether oxygens (including phenoxy) is 1. The summed E-state index contributed by atoms with van der Waals surface area (Å²) in [6.45, 7) is 7.47. The van der Waals surface area contributed by atoms with Gasteiger partial charge in [-0.2, -0.15) is 0 Å². The average molecular weight is 360 g/mol. The fourth-order valence-corrected chi connectivity index (χ4v) is 4.13. The van der Waals surface area contributed by atoms with Crippen molar-refractivity contribution in [3.63, 3.8) is 0 Å². The molecule has 2 atom stereocenters. The highest BCUT2D eigenvalue weighted by molar-refractivity contribution is 5.78. The average Bonchev–Trinajstić information content (AvgIpc) is 3.34. The van der Waals surface area contributed by atoms with Crippen LogP contribution >= 0.6 is 0 Å². The molecular weight excluding hydrogens is 332 g/mol. The molecule has 4 rings (SSSR count). The van der Waals surface area contributed by atoms with Gasteiger partial charge in [0.05, 0.1) is 31.8 Å². The van der Waals surface area contributed by atoms with Gasteiger partial charge in [-0.25, -0.2) is 9.97 Å². The summed E-state index contributed by atoms with van der Waals surface area (Å²) in [5.41, 5.74) is 0. The number of likely N-dealkylation sites (tertiary alicyclic amines) is 1.